The molecule has 2 heterocycles. The summed E-state index contributed by atoms with van der Waals surface area (Å²) in [6, 6.07) is 11.9. The number of hydrogen-bond donors (Lipinski definition) is 0. The first kappa shape index (κ1) is 19.3. The van der Waals surface area contributed by atoms with Gasteiger partial charge in [0.2, 0.25) is 18.6 Å². The lowest BCUT2D eigenvalue weighted by Gasteiger charge is -2.28. The Bertz CT molecular complexity index is 1030. The molecule has 2 aromatic carbocycles. The Kier molecular flexibility index (Phi) is 4.88. The number of amides is 3. The summed E-state index contributed by atoms with van der Waals surface area (Å²) in [5.41, 5.74) is 1.37. The number of halogens is 1. The van der Waals surface area contributed by atoms with Gasteiger partial charge in [-0.1, -0.05) is 6.07 Å². The van der Waals surface area contributed by atoms with Crippen LogP contribution >= 0.6 is 22.6 Å². The van der Waals surface area contributed by atoms with E-state index < -0.39 is 6.04 Å². The molecule has 2 aliphatic heterocycles. The normalized spacial score (nSPS) is 20.0. The van der Waals surface area contributed by atoms with Crippen LogP contribution < -0.4 is 14.4 Å². The zero-order chi connectivity index (χ0) is 20.8. The Morgan fingerprint density at radius 1 is 1.07 bits per heavy atom. The molecule has 0 radical (unpaired) electrons. The lowest BCUT2D eigenvalue weighted by molar-refractivity contribution is -0.140. The van der Waals surface area contributed by atoms with Gasteiger partial charge < -0.3 is 14.4 Å². The van der Waals surface area contributed by atoms with Crippen molar-refractivity contribution in [3.05, 3.63) is 51.6 Å². The average Bonchev–Trinajstić information content (AvgIpc) is 3.41. The van der Waals surface area contributed by atoms with Crippen LogP contribution in [0.2, 0.25) is 0 Å². The highest BCUT2D eigenvalue weighted by molar-refractivity contribution is 14.1. The first-order valence-corrected chi connectivity index (χ1v) is 10.9. The van der Waals surface area contributed by atoms with Crippen LogP contribution in [-0.2, 0) is 20.9 Å². The smallest absolute Gasteiger partial charge is 0.257 e. The fourth-order valence-electron chi connectivity index (χ4n) is 3.86. The highest BCUT2D eigenvalue weighted by atomic mass is 127. The van der Waals surface area contributed by atoms with E-state index >= 15 is 0 Å². The third kappa shape index (κ3) is 3.53. The summed E-state index contributed by atoms with van der Waals surface area (Å²) in [6.07, 6.45) is 1.65. The molecular weight excluding hydrogens is 499 g/mol. The van der Waals surface area contributed by atoms with E-state index in [-0.39, 0.29) is 43.4 Å². The van der Waals surface area contributed by atoms with Gasteiger partial charge in [-0.25, -0.2) is 4.90 Å². The van der Waals surface area contributed by atoms with Gasteiger partial charge in [-0.2, -0.15) is 0 Å². The molecule has 3 amide bonds. The van der Waals surface area contributed by atoms with Crippen LogP contribution in [0.15, 0.2) is 42.5 Å². The van der Waals surface area contributed by atoms with Gasteiger partial charge in [0.25, 0.3) is 5.91 Å². The fourth-order valence-corrected chi connectivity index (χ4v) is 4.22. The largest absolute Gasteiger partial charge is 0.454 e. The number of benzene rings is 2. The maximum Gasteiger partial charge on any atom is 0.257 e. The lowest BCUT2D eigenvalue weighted by atomic mass is 10.1. The second kappa shape index (κ2) is 7.57. The van der Waals surface area contributed by atoms with Crippen molar-refractivity contribution in [3.8, 4) is 11.5 Å². The van der Waals surface area contributed by atoms with Gasteiger partial charge in [-0.3, -0.25) is 14.4 Å². The van der Waals surface area contributed by atoms with E-state index in [0.717, 1.165) is 22.0 Å². The summed E-state index contributed by atoms with van der Waals surface area (Å²) in [5.74, 6) is 0.524. The number of carbonyl (C=O) groups is 3. The standard InChI is InChI=1S/C22H19IN2O5/c23-15-4-6-16(7-5-15)25-20(26)10-17(22(25)28)24(21(27)14-2-3-14)11-13-1-8-18-19(9-13)30-12-29-18/h1,4-9,14,17H,2-3,10-12H2. The quantitative estimate of drug-likeness (QED) is 0.450. The number of carbonyl (C=O) groups excluding carboxylic acids is 3. The molecule has 5 rings (SSSR count). The fraction of sp³-hybridized carbons (Fsp3) is 0.318. The van der Waals surface area contributed by atoms with Gasteiger partial charge in [0.05, 0.1) is 12.1 Å². The zero-order valence-corrected chi connectivity index (χ0v) is 18.2. The van der Waals surface area contributed by atoms with E-state index in [1.54, 1.807) is 23.1 Å². The van der Waals surface area contributed by atoms with E-state index in [1.807, 2.05) is 24.3 Å². The predicted octanol–water partition coefficient (Wildman–Crippen LogP) is 3.09. The molecule has 1 saturated heterocycles. The second-order valence-electron chi connectivity index (χ2n) is 7.69. The molecule has 7 nitrogen and oxygen atoms in total. The summed E-state index contributed by atoms with van der Waals surface area (Å²) in [7, 11) is 0. The number of imide groups is 1. The molecule has 1 atom stereocenters. The summed E-state index contributed by atoms with van der Waals surface area (Å²) in [5, 5.41) is 0. The van der Waals surface area contributed by atoms with E-state index in [9.17, 15) is 14.4 Å². The van der Waals surface area contributed by atoms with Crippen LogP contribution in [0.1, 0.15) is 24.8 Å². The maximum atomic E-state index is 13.2. The van der Waals surface area contributed by atoms with Crippen molar-refractivity contribution in [3.63, 3.8) is 0 Å². The molecule has 3 aliphatic rings. The van der Waals surface area contributed by atoms with Crippen LogP contribution in [0.4, 0.5) is 5.69 Å². The van der Waals surface area contributed by atoms with E-state index in [2.05, 4.69) is 22.6 Å². The molecule has 1 unspecified atom stereocenters. The number of hydrogen-bond acceptors (Lipinski definition) is 5. The molecule has 0 N–H and O–H groups in total. The topological polar surface area (TPSA) is 76.1 Å². The minimum absolute atomic E-state index is 0.00612. The summed E-state index contributed by atoms with van der Waals surface area (Å²) >= 11 is 2.17. The first-order chi connectivity index (χ1) is 14.5. The van der Waals surface area contributed by atoms with Crippen LogP contribution in [0.3, 0.4) is 0 Å². The number of ether oxygens (including phenoxy) is 2. The molecule has 2 aromatic rings. The zero-order valence-electron chi connectivity index (χ0n) is 16.0. The number of rotatable bonds is 5. The Hall–Kier alpha value is -2.62. The first-order valence-electron chi connectivity index (χ1n) is 9.82. The Morgan fingerprint density at radius 3 is 2.53 bits per heavy atom. The van der Waals surface area contributed by atoms with Crippen molar-refractivity contribution in [1.29, 1.82) is 0 Å². The van der Waals surface area contributed by atoms with Crippen molar-refractivity contribution in [1.82, 2.24) is 4.90 Å². The van der Waals surface area contributed by atoms with Gasteiger partial charge in [-0.15, -0.1) is 0 Å². The highest BCUT2D eigenvalue weighted by Gasteiger charge is 2.46. The monoisotopic (exact) mass is 518 g/mol. The minimum Gasteiger partial charge on any atom is -0.454 e. The lowest BCUT2D eigenvalue weighted by Crippen LogP contribution is -2.45. The number of fused-ring (bicyclic) bond motifs is 1. The van der Waals surface area contributed by atoms with E-state index in [0.29, 0.717) is 17.2 Å². The number of nitrogens with zero attached hydrogens (tertiary/aromatic N) is 2. The van der Waals surface area contributed by atoms with Gasteiger partial charge in [-0.05, 0) is 77.4 Å². The van der Waals surface area contributed by atoms with Gasteiger partial charge in [0.1, 0.15) is 6.04 Å². The third-order valence-corrected chi connectivity index (χ3v) is 6.30. The maximum absolute atomic E-state index is 13.2. The van der Waals surface area contributed by atoms with Crippen LogP contribution in [0.5, 0.6) is 11.5 Å². The molecule has 0 spiro atoms. The molecular formula is C22H19IN2O5. The van der Waals surface area contributed by atoms with Crippen molar-refractivity contribution >= 4 is 46.0 Å². The third-order valence-electron chi connectivity index (χ3n) is 5.58. The average molecular weight is 518 g/mol. The minimum atomic E-state index is -0.796. The molecule has 0 aromatic heterocycles. The Morgan fingerprint density at radius 2 is 1.80 bits per heavy atom. The van der Waals surface area contributed by atoms with E-state index in [4.69, 9.17) is 9.47 Å². The molecule has 2 fully saturated rings. The van der Waals surface area contributed by atoms with Crippen molar-refractivity contribution in [2.75, 3.05) is 11.7 Å². The van der Waals surface area contributed by atoms with Crippen LogP contribution in [0, 0.1) is 9.49 Å². The number of anilines is 1. The van der Waals surface area contributed by atoms with Crippen molar-refractivity contribution < 1.29 is 23.9 Å². The summed E-state index contributed by atoms with van der Waals surface area (Å²) < 4.78 is 11.8. The Labute approximate surface area is 187 Å². The second-order valence-corrected chi connectivity index (χ2v) is 8.94. The van der Waals surface area contributed by atoms with Gasteiger partial charge in [0, 0.05) is 16.0 Å². The molecule has 8 heteroatoms. The molecule has 0 bridgehead atoms. The van der Waals surface area contributed by atoms with E-state index in [1.165, 1.54) is 4.90 Å². The van der Waals surface area contributed by atoms with Gasteiger partial charge >= 0.3 is 0 Å². The predicted molar refractivity (Wildman–Crippen MR) is 116 cm³/mol. The molecule has 1 saturated carbocycles. The SMILES string of the molecule is O=C1CC(N(Cc2ccc3c(c2)OCO3)C(=O)C2CC2)C(=O)N1c1ccc(I)cc1. The Balaban J connectivity index is 1.43. The van der Waals surface area contributed by atoms with Gasteiger partial charge in [0.15, 0.2) is 11.5 Å². The highest BCUT2D eigenvalue weighted by Crippen LogP contribution is 2.37. The van der Waals surface area contributed by atoms with Crippen LogP contribution in [-0.4, -0.2) is 35.5 Å². The van der Waals surface area contributed by atoms with Crippen LogP contribution in [0.25, 0.3) is 0 Å². The molecule has 30 heavy (non-hydrogen) atoms. The molecule has 1 aliphatic carbocycles. The summed E-state index contributed by atoms with van der Waals surface area (Å²) in [6.45, 7) is 0.417. The van der Waals surface area contributed by atoms with Crippen molar-refractivity contribution in [2.24, 2.45) is 5.92 Å². The molecule has 154 valence electrons. The van der Waals surface area contributed by atoms with Crippen molar-refractivity contribution in [2.45, 2.75) is 31.8 Å². The summed E-state index contributed by atoms with van der Waals surface area (Å²) in [4.78, 5) is 41.8.